The summed E-state index contributed by atoms with van der Waals surface area (Å²) >= 11 is 0. The van der Waals surface area contributed by atoms with E-state index in [4.69, 9.17) is 9.47 Å². The average molecular weight is 295 g/mol. The summed E-state index contributed by atoms with van der Waals surface area (Å²) < 4.78 is 35.7. The number of fused-ring (bicyclic) bond motifs is 1. The first kappa shape index (κ1) is 13.5. The molecule has 0 radical (unpaired) electrons. The van der Waals surface area contributed by atoms with E-state index in [1.54, 1.807) is 13.3 Å². The summed E-state index contributed by atoms with van der Waals surface area (Å²) in [5.41, 5.74) is 2.03. The molecule has 2 heterocycles. The van der Waals surface area contributed by atoms with E-state index in [-0.39, 0.29) is 12.1 Å². The Kier molecular flexibility index (Phi) is 3.22. The number of hydrogen-bond donors (Lipinski definition) is 0. The molecule has 2 aliphatic rings. The number of hydrogen-bond acceptors (Lipinski definition) is 4. The first-order valence-electron chi connectivity index (χ1n) is 6.47. The molecule has 108 valence electrons. The summed E-state index contributed by atoms with van der Waals surface area (Å²) in [6, 6.07) is 7.66. The summed E-state index contributed by atoms with van der Waals surface area (Å²) in [6.07, 6.45) is 3.36. The van der Waals surface area contributed by atoms with Crippen LogP contribution >= 0.6 is 0 Å². The lowest BCUT2D eigenvalue weighted by Crippen LogP contribution is -2.34. The predicted molar refractivity (Wildman–Crippen MR) is 75.5 cm³/mol. The SMILES string of the molecule is COc1ccc(C2=CN(S(C)(=O)=O)[C@H]3OCC[C@@H]23)cc1. The van der Waals surface area contributed by atoms with E-state index in [0.29, 0.717) is 6.61 Å². The van der Waals surface area contributed by atoms with E-state index in [0.717, 1.165) is 23.3 Å². The third-order valence-corrected chi connectivity index (χ3v) is 4.86. The van der Waals surface area contributed by atoms with Gasteiger partial charge in [-0.25, -0.2) is 12.7 Å². The van der Waals surface area contributed by atoms with E-state index in [9.17, 15) is 8.42 Å². The minimum Gasteiger partial charge on any atom is -0.497 e. The van der Waals surface area contributed by atoms with Crippen molar-refractivity contribution < 1.29 is 17.9 Å². The van der Waals surface area contributed by atoms with E-state index in [2.05, 4.69) is 0 Å². The van der Waals surface area contributed by atoms with Gasteiger partial charge in [0.05, 0.1) is 20.0 Å². The highest BCUT2D eigenvalue weighted by molar-refractivity contribution is 7.88. The van der Waals surface area contributed by atoms with Crippen LogP contribution in [0.25, 0.3) is 5.57 Å². The second-order valence-electron chi connectivity index (χ2n) is 5.06. The second-order valence-corrected chi connectivity index (χ2v) is 6.95. The van der Waals surface area contributed by atoms with Gasteiger partial charge in [-0.1, -0.05) is 12.1 Å². The molecule has 5 nitrogen and oxygen atoms in total. The van der Waals surface area contributed by atoms with Gasteiger partial charge in [-0.05, 0) is 29.7 Å². The Bertz CT molecular complexity index is 636. The summed E-state index contributed by atoms with van der Waals surface area (Å²) in [6.45, 7) is 0.592. The van der Waals surface area contributed by atoms with Crippen molar-refractivity contribution in [2.45, 2.75) is 12.6 Å². The van der Waals surface area contributed by atoms with Crippen LogP contribution in [0.5, 0.6) is 5.75 Å². The molecule has 0 aromatic heterocycles. The van der Waals surface area contributed by atoms with Crippen molar-refractivity contribution in [1.82, 2.24) is 4.31 Å². The molecule has 1 fully saturated rings. The van der Waals surface area contributed by atoms with Gasteiger partial charge >= 0.3 is 0 Å². The minimum atomic E-state index is -3.30. The molecule has 0 bridgehead atoms. The lowest BCUT2D eigenvalue weighted by molar-refractivity contribution is 0.0448. The van der Waals surface area contributed by atoms with E-state index < -0.39 is 10.0 Å². The van der Waals surface area contributed by atoms with Crippen molar-refractivity contribution in [2.24, 2.45) is 5.92 Å². The maximum atomic E-state index is 11.8. The van der Waals surface area contributed by atoms with E-state index in [1.165, 1.54) is 10.6 Å². The number of benzene rings is 1. The smallest absolute Gasteiger partial charge is 0.233 e. The highest BCUT2D eigenvalue weighted by Crippen LogP contribution is 2.42. The normalized spacial score (nSPS) is 25.5. The first-order chi connectivity index (χ1) is 9.50. The first-order valence-corrected chi connectivity index (χ1v) is 8.32. The molecular formula is C14H17NO4S. The molecule has 0 amide bonds. The van der Waals surface area contributed by atoms with Crippen molar-refractivity contribution in [2.75, 3.05) is 20.0 Å². The number of ether oxygens (including phenoxy) is 2. The number of methoxy groups -OCH3 is 1. The second kappa shape index (κ2) is 4.79. The van der Waals surface area contributed by atoms with Gasteiger partial charge in [0.1, 0.15) is 5.75 Å². The fourth-order valence-electron chi connectivity index (χ4n) is 2.80. The molecule has 20 heavy (non-hydrogen) atoms. The predicted octanol–water partition coefficient (Wildman–Crippen LogP) is 1.67. The van der Waals surface area contributed by atoms with Crippen LogP contribution in [0.1, 0.15) is 12.0 Å². The van der Waals surface area contributed by atoms with Crippen LogP contribution in [0.2, 0.25) is 0 Å². The van der Waals surface area contributed by atoms with Crippen LogP contribution in [0, 0.1) is 5.92 Å². The van der Waals surface area contributed by atoms with Gasteiger partial charge in [0, 0.05) is 12.1 Å². The van der Waals surface area contributed by atoms with E-state index >= 15 is 0 Å². The highest BCUT2D eigenvalue weighted by Gasteiger charge is 2.43. The van der Waals surface area contributed by atoms with Gasteiger partial charge in [-0.3, -0.25) is 0 Å². The lowest BCUT2D eigenvalue weighted by atomic mass is 9.93. The van der Waals surface area contributed by atoms with Gasteiger partial charge in [0.25, 0.3) is 0 Å². The topological polar surface area (TPSA) is 55.8 Å². The van der Waals surface area contributed by atoms with Crippen molar-refractivity contribution in [3.8, 4) is 5.75 Å². The molecule has 0 aliphatic carbocycles. The van der Waals surface area contributed by atoms with Gasteiger partial charge in [-0.2, -0.15) is 0 Å². The molecule has 3 rings (SSSR count). The molecule has 0 N–H and O–H groups in total. The van der Waals surface area contributed by atoms with Crippen molar-refractivity contribution in [3.05, 3.63) is 36.0 Å². The van der Waals surface area contributed by atoms with Gasteiger partial charge in [0.2, 0.25) is 10.0 Å². The van der Waals surface area contributed by atoms with Crippen LogP contribution in [-0.2, 0) is 14.8 Å². The molecule has 1 aromatic rings. The van der Waals surface area contributed by atoms with Crippen LogP contribution in [0.4, 0.5) is 0 Å². The molecule has 0 spiro atoms. The Morgan fingerprint density at radius 2 is 2.00 bits per heavy atom. The molecule has 1 saturated heterocycles. The zero-order valence-corrected chi connectivity index (χ0v) is 12.3. The zero-order chi connectivity index (χ0) is 14.3. The standard InChI is InChI=1S/C14H17NO4S/c1-18-11-5-3-10(4-6-11)13-9-15(20(2,16)17)14-12(13)7-8-19-14/h3-6,9,12,14H,7-8H2,1-2H3/t12-,14-/m0/s1. The molecule has 0 saturated carbocycles. The average Bonchev–Trinajstić information content (AvgIpc) is 2.99. The maximum absolute atomic E-state index is 11.8. The molecule has 1 aromatic carbocycles. The van der Waals surface area contributed by atoms with Crippen molar-refractivity contribution in [1.29, 1.82) is 0 Å². The summed E-state index contributed by atoms with van der Waals surface area (Å²) in [5, 5.41) is 0. The fourth-order valence-corrected chi connectivity index (χ4v) is 3.69. The summed E-state index contributed by atoms with van der Waals surface area (Å²) in [4.78, 5) is 0. The fraction of sp³-hybridized carbons (Fsp3) is 0.429. The summed E-state index contributed by atoms with van der Waals surface area (Å²) in [7, 11) is -1.68. The highest BCUT2D eigenvalue weighted by atomic mass is 32.2. The summed E-state index contributed by atoms with van der Waals surface area (Å²) in [5.74, 6) is 0.893. The molecule has 2 aliphatic heterocycles. The third kappa shape index (κ3) is 2.19. The van der Waals surface area contributed by atoms with Crippen LogP contribution in [0.3, 0.4) is 0 Å². The molecular weight excluding hydrogens is 278 g/mol. The zero-order valence-electron chi connectivity index (χ0n) is 11.4. The Morgan fingerprint density at radius 1 is 1.30 bits per heavy atom. The van der Waals surface area contributed by atoms with Gasteiger partial charge in [-0.15, -0.1) is 0 Å². The Labute approximate surface area is 118 Å². The van der Waals surface area contributed by atoms with Crippen molar-refractivity contribution in [3.63, 3.8) is 0 Å². The lowest BCUT2D eigenvalue weighted by Gasteiger charge is -2.21. The molecule has 2 atom stereocenters. The minimum absolute atomic E-state index is 0.109. The number of sulfonamides is 1. The van der Waals surface area contributed by atoms with Crippen LogP contribution in [0.15, 0.2) is 30.5 Å². The third-order valence-electron chi connectivity index (χ3n) is 3.78. The van der Waals surface area contributed by atoms with E-state index in [1.807, 2.05) is 24.3 Å². The largest absolute Gasteiger partial charge is 0.497 e. The molecule has 0 unspecified atom stereocenters. The van der Waals surface area contributed by atoms with Gasteiger partial charge in [0.15, 0.2) is 6.23 Å². The van der Waals surface area contributed by atoms with Gasteiger partial charge < -0.3 is 9.47 Å². The monoisotopic (exact) mass is 295 g/mol. The van der Waals surface area contributed by atoms with Crippen LogP contribution in [-0.4, -0.2) is 38.9 Å². The number of nitrogens with zero attached hydrogens (tertiary/aromatic N) is 1. The van der Waals surface area contributed by atoms with Crippen molar-refractivity contribution >= 4 is 15.6 Å². The van der Waals surface area contributed by atoms with Crippen LogP contribution < -0.4 is 4.74 Å². The quantitative estimate of drug-likeness (QED) is 0.851. The Balaban J connectivity index is 1.99. The Morgan fingerprint density at radius 3 is 2.60 bits per heavy atom. The molecule has 6 heteroatoms. The Hall–Kier alpha value is -1.53. The maximum Gasteiger partial charge on any atom is 0.233 e. The number of rotatable bonds is 3.